The molecule has 1 amide bonds. The second-order valence-corrected chi connectivity index (χ2v) is 5.31. The topological polar surface area (TPSA) is 29.1 Å². The predicted octanol–water partition coefficient (Wildman–Crippen LogP) is 4.42. The molecule has 0 atom stereocenters. The lowest BCUT2D eigenvalue weighted by Gasteiger charge is -2.07. The van der Waals surface area contributed by atoms with E-state index in [1.54, 1.807) is 24.3 Å². The number of rotatable bonds is 3. The molecule has 0 fully saturated rings. The third-order valence-electron chi connectivity index (χ3n) is 3.35. The molecule has 0 aromatic heterocycles. The third kappa shape index (κ3) is 3.23. The highest BCUT2D eigenvalue weighted by molar-refractivity contribution is 6.30. The normalized spacial score (nSPS) is 10.5. The average Bonchev–Trinajstić information content (AvgIpc) is 2.52. The van der Waals surface area contributed by atoms with E-state index in [0.29, 0.717) is 17.1 Å². The Morgan fingerprint density at radius 1 is 0.905 bits per heavy atom. The molecule has 0 aliphatic rings. The minimum Gasteiger partial charge on any atom is -0.348 e. The van der Waals surface area contributed by atoms with Gasteiger partial charge in [-0.15, -0.1) is 0 Å². The second kappa shape index (κ2) is 5.98. The molecule has 0 saturated heterocycles. The van der Waals surface area contributed by atoms with Crippen LogP contribution in [0.2, 0.25) is 5.02 Å². The van der Waals surface area contributed by atoms with E-state index in [4.69, 9.17) is 11.6 Å². The maximum Gasteiger partial charge on any atom is 0.251 e. The molecule has 3 aromatic carbocycles. The summed E-state index contributed by atoms with van der Waals surface area (Å²) >= 11 is 5.89. The van der Waals surface area contributed by atoms with Gasteiger partial charge in [0.1, 0.15) is 0 Å². The Balaban J connectivity index is 1.72. The number of carbonyl (C=O) groups is 1. The maximum atomic E-state index is 12.1. The van der Waals surface area contributed by atoms with Crippen LogP contribution in [0.3, 0.4) is 0 Å². The number of hydrogen-bond acceptors (Lipinski definition) is 1. The van der Waals surface area contributed by atoms with Crippen LogP contribution < -0.4 is 5.32 Å². The Bertz CT molecular complexity index is 798. The van der Waals surface area contributed by atoms with Crippen molar-refractivity contribution in [3.8, 4) is 0 Å². The third-order valence-corrected chi connectivity index (χ3v) is 3.59. The molecular weight excluding hydrogens is 282 g/mol. The van der Waals surface area contributed by atoms with Gasteiger partial charge in [0.25, 0.3) is 5.91 Å². The molecule has 0 unspecified atom stereocenters. The zero-order valence-corrected chi connectivity index (χ0v) is 12.1. The van der Waals surface area contributed by atoms with Crippen LogP contribution in [0.4, 0.5) is 0 Å². The van der Waals surface area contributed by atoms with Crippen molar-refractivity contribution in [2.24, 2.45) is 0 Å². The van der Waals surface area contributed by atoms with E-state index < -0.39 is 0 Å². The fraction of sp³-hybridized carbons (Fsp3) is 0.0556. The first kappa shape index (κ1) is 13.7. The van der Waals surface area contributed by atoms with Crippen molar-refractivity contribution in [2.45, 2.75) is 6.54 Å². The van der Waals surface area contributed by atoms with Gasteiger partial charge in [-0.1, -0.05) is 54.1 Å². The Labute approximate surface area is 128 Å². The minimum atomic E-state index is -0.120. The van der Waals surface area contributed by atoms with Gasteiger partial charge in [-0.05, 0) is 40.6 Å². The Hall–Kier alpha value is -2.32. The largest absolute Gasteiger partial charge is 0.348 e. The number of benzene rings is 3. The quantitative estimate of drug-likeness (QED) is 0.761. The number of amides is 1. The zero-order chi connectivity index (χ0) is 14.7. The Morgan fingerprint density at radius 3 is 2.52 bits per heavy atom. The average molecular weight is 296 g/mol. The van der Waals surface area contributed by atoms with E-state index in [2.05, 4.69) is 29.6 Å². The van der Waals surface area contributed by atoms with Crippen LogP contribution in [0.25, 0.3) is 10.8 Å². The first-order valence-electron chi connectivity index (χ1n) is 6.74. The van der Waals surface area contributed by atoms with Crippen LogP contribution in [-0.2, 0) is 6.54 Å². The van der Waals surface area contributed by atoms with Crippen LogP contribution in [0.15, 0.2) is 66.7 Å². The van der Waals surface area contributed by atoms with Gasteiger partial charge < -0.3 is 5.32 Å². The molecule has 0 bridgehead atoms. The maximum absolute atomic E-state index is 12.1. The number of fused-ring (bicyclic) bond motifs is 1. The van der Waals surface area contributed by atoms with Gasteiger partial charge in [0.05, 0.1) is 0 Å². The smallest absolute Gasteiger partial charge is 0.251 e. The lowest BCUT2D eigenvalue weighted by atomic mass is 10.1. The highest BCUT2D eigenvalue weighted by Crippen LogP contribution is 2.16. The minimum absolute atomic E-state index is 0.120. The molecular formula is C18H14ClNO. The van der Waals surface area contributed by atoms with Crippen molar-refractivity contribution in [3.63, 3.8) is 0 Å². The molecule has 0 heterocycles. The van der Waals surface area contributed by atoms with Crippen LogP contribution in [0.1, 0.15) is 15.9 Å². The molecule has 0 saturated carbocycles. The van der Waals surface area contributed by atoms with Gasteiger partial charge in [-0.3, -0.25) is 4.79 Å². The van der Waals surface area contributed by atoms with Crippen LogP contribution in [0, 0.1) is 0 Å². The zero-order valence-electron chi connectivity index (χ0n) is 11.3. The summed E-state index contributed by atoms with van der Waals surface area (Å²) < 4.78 is 0. The summed E-state index contributed by atoms with van der Waals surface area (Å²) in [6.45, 7) is 0.496. The summed E-state index contributed by atoms with van der Waals surface area (Å²) in [6.07, 6.45) is 0. The van der Waals surface area contributed by atoms with Crippen molar-refractivity contribution in [2.75, 3.05) is 0 Å². The summed E-state index contributed by atoms with van der Waals surface area (Å²) in [7, 11) is 0. The lowest BCUT2D eigenvalue weighted by molar-refractivity contribution is 0.0951. The standard InChI is InChI=1S/C18H14ClNO/c19-17-7-3-6-16(11-17)18(21)20-12-13-8-9-14-4-1-2-5-15(14)10-13/h1-11H,12H2,(H,20,21). The van der Waals surface area contributed by atoms with E-state index >= 15 is 0 Å². The molecule has 3 aromatic rings. The predicted molar refractivity (Wildman–Crippen MR) is 86.6 cm³/mol. The van der Waals surface area contributed by atoms with Crippen LogP contribution >= 0.6 is 11.6 Å². The molecule has 21 heavy (non-hydrogen) atoms. The molecule has 3 heteroatoms. The molecule has 104 valence electrons. The summed E-state index contributed by atoms with van der Waals surface area (Å²) in [5.41, 5.74) is 1.65. The van der Waals surface area contributed by atoms with Gasteiger partial charge in [-0.2, -0.15) is 0 Å². The fourth-order valence-electron chi connectivity index (χ4n) is 2.26. The van der Waals surface area contributed by atoms with Crippen molar-refractivity contribution >= 4 is 28.3 Å². The Morgan fingerprint density at radius 2 is 1.71 bits per heavy atom. The SMILES string of the molecule is O=C(NCc1ccc2ccccc2c1)c1cccc(Cl)c1. The monoisotopic (exact) mass is 295 g/mol. The molecule has 2 nitrogen and oxygen atoms in total. The van der Waals surface area contributed by atoms with E-state index in [0.717, 1.165) is 5.56 Å². The Kier molecular flexibility index (Phi) is 3.89. The van der Waals surface area contributed by atoms with Crippen molar-refractivity contribution < 1.29 is 4.79 Å². The highest BCUT2D eigenvalue weighted by atomic mass is 35.5. The first-order chi connectivity index (χ1) is 10.2. The molecule has 0 radical (unpaired) electrons. The van der Waals surface area contributed by atoms with Crippen molar-refractivity contribution in [1.82, 2.24) is 5.32 Å². The summed E-state index contributed by atoms with van der Waals surface area (Å²) in [4.78, 5) is 12.1. The van der Waals surface area contributed by atoms with Gasteiger partial charge in [-0.25, -0.2) is 0 Å². The van der Waals surface area contributed by atoms with Crippen LogP contribution in [-0.4, -0.2) is 5.91 Å². The summed E-state index contributed by atoms with van der Waals surface area (Å²) in [5.74, 6) is -0.120. The van der Waals surface area contributed by atoms with Gasteiger partial charge in [0.2, 0.25) is 0 Å². The summed E-state index contributed by atoms with van der Waals surface area (Å²) in [6, 6.07) is 21.3. The van der Waals surface area contributed by atoms with E-state index in [-0.39, 0.29) is 5.91 Å². The number of nitrogens with one attached hydrogen (secondary N) is 1. The molecule has 0 aliphatic carbocycles. The number of carbonyl (C=O) groups excluding carboxylic acids is 1. The molecule has 0 aliphatic heterocycles. The van der Waals surface area contributed by atoms with E-state index in [1.165, 1.54) is 10.8 Å². The van der Waals surface area contributed by atoms with Gasteiger partial charge in [0, 0.05) is 17.1 Å². The van der Waals surface area contributed by atoms with Crippen LogP contribution in [0.5, 0.6) is 0 Å². The summed E-state index contributed by atoms with van der Waals surface area (Å²) in [5, 5.41) is 5.84. The second-order valence-electron chi connectivity index (χ2n) is 4.87. The number of halogens is 1. The number of hydrogen-bond donors (Lipinski definition) is 1. The fourth-order valence-corrected chi connectivity index (χ4v) is 2.45. The highest BCUT2D eigenvalue weighted by Gasteiger charge is 2.05. The first-order valence-corrected chi connectivity index (χ1v) is 7.11. The molecule has 3 rings (SSSR count). The van der Waals surface area contributed by atoms with Gasteiger partial charge >= 0.3 is 0 Å². The lowest BCUT2D eigenvalue weighted by Crippen LogP contribution is -2.22. The van der Waals surface area contributed by atoms with E-state index in [1.807, 2.05) is 18.2 Å². The molecule has 0 spiro atoms. The van der Waals surface area contributed by atoms with Crippen molar-refractivity contribution in [1.29, 1.82) is 0 Å². The van der Waals surface area contributed by atoms with Crippen molar-refractivity contribution in [3.05, 3.63) is 82.9 Å². The molecule has 1 N–H and O–H groups in total. The van der Waals surface area contributed by atoms with E-state index in [9.17, 15) is 4.79 Å². The van der Waals surface area contributed by atoms with Gasteiger partial charge in [0.15, 0.2) is 0 Å².